The van der Waals surface area contributed by atoms with Gasteiger partial charge in [-0.25, -0.2) is 0 Å². The van der Waals surface area contributed by atoms with E-state index in [2.05, 4.69) is 19.2 Å². The number of rotatable bonds is 11. The molecule has 0 aliphatic heterocycles. The molecule has 0 rings (SSSR count). The monoisotopic (exact) mass is 217 g/mol. The van der Waals surface area contributed by atoms with E-state index >= 15 is 0 Å². The van der Waals surface area contributed by atoms with Crippen molar-refractivity contribution < 1.29 is 9.47 Å². The molecule has 0 amide bonds. The Morgan fingerprint density at radius 3 is 2.13 bits per heavy atom. The molecule has 0 spiro atoms. The maximum Gasteiger partial charge on any atom is 0.0700 e. The summed E-state index contributed by atoms with van der Waals surface area (Å²) in [5.74, 6) is 0. The van der Waals surface area contributed by atoms with Gasteiger partial charge in [-0.1, -0.05) is 13.3 Å². The van der Waals surface area contributed by atoms with Gasteiger partial charge in [0.15, 0.2) is 0 Å². The van der Waals surface area contributed by atoms with Crippen LogP contribution in [0.4, 0.5) is 0 Å². The van der Waals surface area contributed by atoms with Crippen LogP contribution in [0.15, 0.2) is 0 Å². The highest BCUT2D eigenvalue weighted by atomic mass is 16.5. The van der Waals surface area contributed by atoms with Gasteiger partial charge in [-0.3, -0.25) is 0 Å². The number of nitrogens with one attached hydrogen (secondary N) is 1. The molecule has 92 valence electrons. The second kappa shape index (κ2) is 12.0. The summed E-state index contributed by atoms with van der Waals surface area (Å²) >= 11 is 0. The molecular weight excluding hydrogens is 190 g/mol. The molecule has 3 nitrogen and oxygen atoms in total. The van der Waals surface area contributed by atoms with Crippen LogP contribution in [-0.2, 0) is 9.47 Å². The highest BCUT2D eigenvalue weighted by Crippen LogP contribution is 1.96. The van der Waals surface area contributed by atoms with Crippen molar-refractivity contribution in [1.29, 1.82) is 0 Å². The van der Waals surface area contributed by atoms with Crippen LogP contribution in [0.2, 0.25) is 0 Å². The van der Waals surface area contributed by atoms with Crippen LogP contribution in [0, 0.1) is 0 Å². The highest BCUT2D eigenvalue weighted by molar-refractivity contribution is 4.55. The fourth-order valence-electron chi connectivity index (χ4n) is 1.20. The van der Waals surface area contributed by atoms with Gasteiger partial charge in [0, 0.05) is 19.3 Å². The molecule has 0 aliphatic rings. The fourth-order valence-corrected chi connectivity index (χ4v) is 1.20. The molecule has 0 aromatic heterocycles. The zero-order valence-electron chi connectivity index (χ0n) is 10.6. The summed E-state index contributed by atoms with van der Waals surface area (Å²) in [6.07, 6.45) is 4.65. The smallest absolute Gasteiger partial charge is 0.0700 e. The van der Waals surface area contributed by atoms with E-state index in [-0.39, 0.29) is 0 Å². The Bertz CT molecular complexity index is 120. The minimum atomic E-state index is 0.592. The highest BCUT2D eigenvalue weighted by Gasteiger charge is 1.97. The van der Waals surface area contributed by atoms with Crippen LogP contribution in [0.3, 0.4) is 0 Å². The van der Waals surface area contributed by atoms with Crippen molar-refractivity contribution in [1.82, 2.24) is 5.32 Å². The molecule has 1 N–H and O–H groups in total. The molecule has 15 heavy (non-hydrogen) atoms. The molecule has 0 fully saturated rings. The lowest BCUT2D eigenvalue weighted by Gasteiger charge is -2.09. The van der Waals surface area contributed by atoms with Crippen LogP contribution in [0.25, 0.3) is 0 Å². The van der Waals surface area contributed by atoms with E-state index < -0.39 is 0 Å². The van der Waals surface area contributed by atoms with Crippen molar-refractivity contribution in [3.8, 4) is 0 Å². The predicted molar refractivity (Wildman–Crippen MR) is 64.3 cm³/mol. The molecule has 0 aliphatic carbocycles. The average molecular weight is 217 g/mol. The normalized spacial score (nSPS) is 13.0. The third kappa shape index (κ3) is 11.8. The molecule has 0 heterocycles. The average Bonchev–Trinajstić information content (AvgIpc) is 2.26. The van der Waals surface area contributed by atoms with Gasteiger partial charge < -0.3 is 14.8 Å². The molecular formula is C12H27NO2. The van der Waals surface area contributed by atoms with Gasteiger partial charge >= 0.3 is 0 Å². The van der Waals surface area contributed by atoms with Crippen molar-refractivity contribution in [3.05, 3.63) is 0 Å². The molecule has 1 unspecified atom stereocenters. The van der Waals surface area contributed by atoms with Crippen LogP contribution >= 0.6 is 0 Å². The first kappa shape index (κ1) is 14.9. The first-order chi connectivity index (χ1) is 7.31. The van der Waals surface area contributed by atoms with E-state index in [0.717, 1.165) is 39.3 Å². The second-order valence-corrected chi connectivity index (χ2v) is 3.91. The SMILES string of the molecule is CCCCOCCOCCCC(C)NC. The van der Waals surface area contributed by atoms with Gasteiger partial charge in [-0.2, -0.15) is 0 Å². The summed E-state index contributed by atoms with van der Waals surface area (Å²) in [7, 11) is 1.99. The van der Waals surface area contributed by atoms with E-state index in [0.29, 0.717) is 6.04 Å². The maximum absolute atomic E-state index is 5.46. The minimum absolute atomic E-state index is 0.592. The Hall–Kier alpha value is -0.120. The topological polar surface area (TPSA) is 30.5 Å². The summed E-state index contributed by atoms with van der Waals surface area (Å²) in [5.41, 5.74) is 0. The molecule has 0 radical (unpaired) electrons. The summed E-state index contributed by atoms with van der Waals surface area (Å²) < 4.78 is 10.8. The van der Waals surface area contributed by atoms with Gasteiger partial charge in [-0.15, -0.1) is 0 Å². The van der Waals surface area contributed by atoms with Crippen molar-refractivity contribution in [2.45, 2.75) is 45.6 Å². The van der Waals surface area contributed by atoms with Crippen molar-refractivity contribution in [3.63, 3.8) is 0 Å². The van der Waals surface area contributed by atoms with Gasteiger partial charge in [0.1, 0.15) is 0 Å². The Morgan fingerprint density at radius 1 is 1.00 bits per heavy atom. The second-order valence-electron chi connectivity index (χ2n) is 3.91. The van der Waals surface area contributed by atoms with Gasteiger partial charge in [0.2, 0.25) is 0 Å². The lowest BCUT2D eigenvalue weighted by Crippen LogP contribution is -2.21. The van der Waals surface area contributed by atoms with Gasteiger partial charge in [0.05, 0.1) is 13.2 Å². The third-order valence-electron chi connectivity index (χ3n) is 2.43. The number of hydrogen-bond acceptors (Lipinski definition) is 3. The summed E-state index contributed by atoms with van der Waals surface area (Å²) in [6.45, 7) is 7.55. The third-order valence-corrected chi connectivity index (χ3v) is 2.43. The van der Waals surface area contributed by atoms with Gasteiger partial charge in [0.25, 0.3) is 0 Å². The molecule has 0 aromatic carbocycles. The van der Waals surface area contributed by atoms with Crippen LogP contribution in [0.1, 0.15) is 39.5 Å². The molecule has 0 aromatic rings. The lowest BCUT2D eigenvalue weighted by atomic mass is 10.2. The Balaban J connectivity index is 2.92. The predicted octanol–water partition coefficient (Wildman–Crippen LogP) is 2.21. The van der Waals surface area contributed by atoms with E-state index in [1.54, 1.807) is 0 Å². The Labute approximate surface area is 94.5 Å². The Morgan fingerprint density at radius 2 is 1.60 bits per heavy atom. The lowest BCUT2D eigenvalue weighted by molar-refractivity contribution is 0.0449. The standard InChI is InChI=1S/C12H27NO2/c1-4-5-8-14-10-11-15-9-6-7-12(2)13-3/h12-13H,4-11H2,1-3H3. The van der Waals surface area contributed by atoms with E-state index in [1.165, 1.54) is 12.8 Å². The number of ether oxygens (including phenoxy) is 2. The summed E-state index contributed by atoms with van der Waals surface area (Å²) in [6, 6.07) is 0.592. The summed E-state index contributed by atoms with van der Waals surface area (Å²) in [4.78, 5) is 0. The minimum Gasteiger partial charge on any atom is -0.379 e. The Kier molecular flexibility index (Phi) is 11.9. The first-order valence-electron chi connectivity index (χ1n) is 6.14. The van der Waals surface area contributed by atoms with Gasteiger partial charge in [-0.05, 0) is 33.2 Å². The van der Waals surface area contributed by atoms with Crippen LogP contribution in [-0.4, -0.2) is 39.5 Å². The van der Waals surface area contributed by atoms with Crippen LogP contribution in [0.5, 0.6) is 0 Å². The van der Waals surface area contributed by atoms with E-state index in [9.17, 15) is 0 Å². The molecule has 0 bridgehead atoms. The van der Waals surface area contributed by atoms with Crippen LogP contribution < -0.4 is 5.32 Å². The van der Waals surface area contributed by atoms with Crippen molar-refractivity contribution in [2.75, 3.05) is 33.5 Å². The molecule has 0 saturated heterocycles. The quantitative estimate of drug-likeness (QED) is 0.538. The number of unbranched alkanes of at least 4 members (excludes halogenated alkanes) is 1. The number of hydrogen-bond donors (Lipinski definition) is 1. The fraction of sp³-hybridized carbons (Fsp3) is 1.00. The molecule has 1 atom stereocenters. The zero-order chi connectivity index (χ0) is 11.4. The first-order valence-corrected chi connectivity index (χ1v) is 6.14. The summed E-state index contributed by atoms with van der Waals surface area (Å²) in [5, 5.41) is 3.21. The largest absolute Gasteiger partial charge is 0.379 e. The molecule has 0 saturated carbocycles. The zero-order valence-corrected chi connectivity index (χ0v) is 10.6. The van der Waals surface area contributed by atoms with E-state index in [1.807, 2.05) is 7.05 Å². The van der Waals surface area contributed by atoms with Crippen molar-refractivity contribution >= 4 is 0 Å². The van der Waals surface area contributed by atoms with E-state index in [4.69, 9.17) is 9.47 Å². The molecule has 3 heteroatoms. The maximum atomic E-state index is 5.46. The van der Waals surface area contributed by atoms with Crippen molar-refractivity contribution in [2.24, 2.45) is 0 Å².